The molecule has 0 saturated heterocycles. The molecule has 32 heavy (non-hydrogen) atoms. The molecule has 1 unspecified atom stereocenters. The average Bonchev–Trinajstić information content (AvgIpc) is 2.77. The zero-order valence-electron chi connectivity index (χ0n) is 17.3. The third-order valence-corrected chi connectivity index (χ3v) is 5.49. The van der Waals surface area contributed by atoms with Gasteiger partial charge in [0.15, 0.2) is 0 Å². The van der Waals surface area contributed by atoms with Crippen LogP contribution in [0.5, 0.6) is 0 Å². The fourth-order valence-corrected chi connectivity index (χ4v) is 3.87. The molecule has 0 radical (unpaired) electrons. The van der Waals surface area contributed by atoms with Crippen molar-refractivity contribution in [3.63, 3.8) is 0 Å². The summed E-state index contributed by atoms with van der Waals surface area (Å²) in [5.41, 5.74) is 0.884. The molecule has 166 valence electrons. The maximum Gasteiger partial charge on any atom is 0.416 e. The second-order valence-electron chi connectivity index (χ2n) is 7.60. The second-order valence-corrected chi connectivity index (χ2v) is 7.60. The van der Waals surface area contributed by atoms with Crippen molar-refractivity contribution in [2.24, 2.45) is 0 Å². The fourth-order valence-electron chi connectivity index (χ4n) is 3.87. The van der Waals surface area contributed by atoms with Crippen LogP contribution in [-0.4, -0.2) is 23.6 Å². The number of benzene rings is 2. The van der Waals surface area contributed by atoms with E-state index in [2.05, 4.69) is 5.32 Å². The summed E-state index contributed by atoms with van der Waals surface area (Å²) in [5, 5.41) is 2.73. The SMILES string of the molecule is Cc1ccc(C(=O)NCC2OCCc3ccccc32)c(=O)n1-c1cccc(C(F)(F)F)c1. The molecular formula is C24H21F3N2O3. The van der Waals surface area contributed by atoms with Crippen molar-refractivity contribution >= 4 is 5.91 Å². The Labute approximate surface area is 182 Å². The van der Waals surface area contributed by atoms with Crippen LogP contribution in [0.4, 0.5) is 13.2 Å². The van der Waals surface area contributed by atoms with Crippen LogP contribution in [0.25, 0.3) is 5.69 Å². The highest BCUT2D eigenvalue weighted by Crippen LogP contribution is 2.30. The highest BCUT2D eigenvalue weighted by molar-refractivity contribution is 5.94. The number of rotatable bonds is 4. The highest BCUT2D eigenvalue weighted by Gasteiger charge is 2.31. The molecule has 0 saturated carbocycles. The van der Waals surface area contributed by atoms with Crippen molar-refractivity contribution in [1.82, 2.24) is 9.88 Å². The number of hydrogen-bond acceptors (Lipinski definition) is 3. The molecule has 0 bridgehead atoms. The largest absolute Gasteiger partial charge is 0.416 e. The lowest BCUT2D eigenvalue weighted by Gasteiger charge is -2.26. The Kier molecular flexibility index (Phi) is 5.88. The van der Waals surface area contributed by atoms with Crippen molar-refractivity contribution in [2.75, 3.05) is 13.2 Å². The summed E-state index contributed by atoms with van der Waals surface area (Å²) < 4.78 is 46.2. The standard InChI is InChI=1S/C24H21F3N2O3/c1-15-9-10-20(23(31)29(15)18-7-4-6-17(13-18)24(25,26)27)22(30)28-14-21-19-8-3-2-5-16(19)11-12-32-21/h2-10,13,21H,11-12,14H2,1H3,(H,28,30). The van der Waals surface area contributed by atoms with Gasteiger partial charge in [-0.3, -0.25) is 14.2 Å². The highest BCUT2D eigenvalue weighted by atomic mass is 19.4. The molecule has 1 amide bonds. The van der Waals surface area contributed by atoms with Gasteiger partial charge in [0.1, 0.15) is 11.7 Å². The molecule has 1 aliphatic heterocycles. The number of alkyl halides is 3. The quantitative estimate of drug-likeness (QED) is 0.659. The molecule has 3 aromatic rings. The number of carbonyl (C=O) groups is 1. The minimum absolute atomic E-state index is 0.0431. The summed E-state index contributed by atoms with van der Waals surface area (Å²) in [4.78, 5) is 25.8. The number of halogens is 3. The van der Waals surface area contributed by atoms with E-state index < -0.39 is 23.2 Å². The molecule has 1 atom stereocenters. The summed E-state index contributed by atoms with van der Waals surface area (Å²) >= 11 is 0. The fraction of sp³-hybridized carbons (Fsp3) is 0.250. The molecule has 5 nitrogen and oxygen atoms in total. The van der Waals surface area contributed by atoms with E-state index in [-0.39, 0.29) is 23.9 Å². The minimum atomic E-state index is -4.54. The summed E-state index contributed by atoms with van der Waals surface area (Å²) in [6.45, 7) is 2.30. The first kappa shape index (κ1) is 21.8. The van der Waals surface area contributed by atoms with Crippen molar-refractivity contribution in [1.29, 1.82) is 0 Å². The number of aryl methyl sites for hydroxylation is 1. The monoisotopic (exact) mass is 442 g/mol. The number of carbonyl (C=O) groups excluding carboxylic acids is 1. The van der Waals surface area contributed by atoms with Gasteiger partial charge in [-0.1, -0.05) is 30.3 Å². The van der Waals surface area contributed by atoms with Gasteiger partial charge in [-0.05, 0) is 54.8 Å². The van der Waals surface area contributed by atoms with E-state index in [4.69, 9.17) is 4.74 Å². The number of aromatic nitrogens is 1. The lowest BCUT2D eigenvalue weighted by atomic mass is 9.97. The first-order valence-corrected chi connectivity index (χ1v) is 10.1. The first-order valence-electron chi connectivity index (χ1n) is 10.1. The Morgan fingerprint density at radius 2 is 1.91 bits per heavy atom. The van der Waals surface area contributed by atoms with E-state index in [9.17, 15) is 22.8 Å². The Hall–Kier alpha value is -3.39. The third-order valence-electron chi connectivity index (χ3n) is 5.49. The van der Waals surface area contributed by atoms with Crippen LogP contribution in [0.1, 0.15) is 38.8 Å². The van der Waals surface area contributed by atoms with Crippen LogP contribution in [0.3, 0.4) is 0 Å². The molecule has 1 aliphatic rings. The first-order chi connectivity index (χ1) is 15.3. The Morgan fingerprint density at radius 1 is 1.12 bits per heavy atom. The van der Waals surface area contributed by atoms with Gasteiger partial charge in [0.2, 0.25) is 0 Å². The lowest BCUT2D eigenvalue weighted by molar-refractivity contribution is -0.137. The van der Waals surface area contributed by atoms with Gasteiger partial charge < -0.3 is 10.1 Å². The van der Waals surface area contributed by atoms with Gasteiger partial charge >= 0.3 is 6.18 Å². The molecule has 1 aromatic heterocycles. The van der Waals surface area contributed by atoms with E-state index in [1.807, 2.05) is 24.3 Å². The predicted octanol–water partition coefficient (Wildman–Crippen LogP) is 4.21. The normalized spacial score (nSPS) is 15.8. The van der Waals surface area contributed by atoms with Crippen LogP contribution < -0.4 is 10.9 Å². The molecule has 2 aromatic carbocycles. The van der Waals surface area contributed by atoms with Crippen molar-refractivity contribution in [2.45, 2.75) is 25.6 Å². The van der Waals surface area contributed by atoms with Crippen LogP contribution in [0.15, 0.2) is 65.5 Å². The van der Waals surface area contributed by atoms with E-state index >= 15 is 0 Å². The van der Waals surface area contributed by atoms with Crippen LogP contribution in [0, 0.1) is 6.92 Å². The van der Waals surface area contributed by atoms with Gasteiger partial charge in [-0.25, -0.2) is 0 Å². The Balaban J connectivity index is 1.60. The van der Waals surface area contributed by atoms with Gasteiger partial charge in [0, 0.05) is 17.9 Å². The molecule has 2 heterocycles. The van der Waals surface area contributed by atoms with E-state index in [1.165, 1.54) is 24.3 Å². The van der Waals surface area contributed by atoms with Crippen molar-refractivity contribution in [3.05, 3.63) is 99.0 Å². The third kappa shape index (κ3) is 4.31. The number of pyridine rings is 1. The molecule has 0 spiro atoms. The number of nitrogens with zero attached hydrogens (tertiary/aromatic N) is 1. The van der Waals surface area contributed by atoms with Gasteiger partial charge in [-0.2, -0.15) is 13.2 Å². The number of fused-ring (bicyclic) bond motifs is 1. The van der Waals surface area contributed by atoms with E-state index in [0.29, 0.717) is 12.3 Å². The molecule has 8 heteroatoms. The average molecular weight is 442 g/mol. The second kappa shape index (κ2) is 8.63. The van der Waals surface area contributed by atoms with Crippen LogP contribution >= 0.6 is 0 Å². The maximum absolute atomic E-state index is 13.1. The number of ether oxygens (including phenoxy) is 1. The zero-order chi connectivity index (χ0) is 22.9. The molecule has 0 aliphatic carbocycles. The van der Waals surface area contributed by atoms with Gasteiger partial charge in [0.05, 0.1) is 12.2 Å². The smallest absolute Gasteiger partial charge is 0.371 e. The van der Waals surface area contributed by atoms with Crippen molar-refractivity contribution < 1.29 is 22.7 Å². The minimum Gasteiger partial charge on any atom is -0.371 e. The lowest BCUT2D eigenvalue weighted by Crippen LogP contribution is -2.36. The van der Waals surface area contributed by atoms with E-state index in [1.54, 1.807) is 6.92 Å². The Morgan fingerprint density at radius 3 is 2.69 bits per heavy atom. The number of nitrogens with one attached hydrogen (secondary N) is 1. The molecule has 0 fully saturated rings. The predicted molar refractivity (Wildman–Crippen MR) is 113 cm³/mol. The van der Waals surface area contributed by atoms with Gasteiger partial charge in [0.25, 0.3) is 11.5 Å². The maximum atomic E-state index is 13.1. The zero-order valence-corrected chi connectivity index (χ0v) is 17.3. The Bertz CT molecular complexity index is 1220. The summed E-state index contributed by atoms with van der Waals surface area (Å²) in [6, 6.07) is 15.2. The van der Waals surface area contributed by atoms with E-state index in [0.717, 1.165) is 34.2 Å². The van der Waals surface area contributed by atoms with Gasteiger partial charge in [-0.15, -0.1) is 0 Å². The number of amides is 1. The van der Waals surface area contributed by atoms with Crippen molar-refractivity contribution in [3.8, 4) is 5.69 Å². The topological polar surface area (TPSA) is 60.3 Å². The summed E-state index contributed by atoms with van der Waals surface area (Å²) in [6.07, 6.45) is -4.08. The summed E-state index contributed by atoms with van der Waals surface area (Å²) in [7, 11) is 0. The molecule has 1 N–H and O–H groups in total. The van der Waals surface area contributed by atoms with Crippen LogP contribution in [-0.2, 0) is 17.3 Å². The number of hydrogen-bond donors (Lipinski definition) is 1. The summed E-state index contributed by atoms with van der Waals surface area (Å²) in [5.74, 6) is -0.609. The molecular weight excluding hydrogens is 421 g/mol. The van der Waals surface area contributed by atoms with Crippen LogP contribution in [0.2, 0.25) is 0 Å². The molecule has 4 rings (SSSR count).